The van der Waals surface area contributed by atoms with Gasteiger partial charge in [-0.2, -0.15) is 5.10 Å². The van der Waals surface area contributed by atoms with Gasteiger partial charge in [-0.3, -0.25) is 4.79 Å². The van der Waals surface area contributed by atoms with Gasteiger partial charge in [-0.25, -0.2) is 5.43 Å². The minimum absolute atomic E-state index is 0.00949. The Hall–Kier alpha value is -2.73. The Bertz CT molecular complexity index is 729. The Morgan fingerprint density at radius 3 is 2.61 bits per heavy atom. The van der Waals surface area contributed by atoms with Crippen LogP contribution in [0.25, 0.3) is 0 Å². The van der Waals surface area contributed by atoms with Crippen LogP contribution in [0.3, 0.4) is 0 Å². The Kier molecular flexibility index (Phi) is 5.43. The van der Waals surface area contributed by atoms with Gasteiger partial charge in [0.05, 0.1) is 5.71 Å². The van der Waals surface area contributed by atoms with E-state index in [1.807, 2.05) is 0 Å². The molecule has 0 atom stereocenters. The third-order valence-electron chi connectivity index (χ3n) is 2.90. The van der Waals surface area contributed by atoms with Gasteiger partial charge in [0.25, 0.3) is 5.91 Å². The van der Waals surface area contributed by atoms with Crippen LogP contribution in [0.1, 0.15) is 12.5 Å². The number of nitrogens with zero attached hydrogens (tertiary/aromatic N) is 1. The van der Waals surface area contributed by atoms with E-state index in [1.165, 1.54) is 18.2 Å². The lowest BCUT2D eigenvalue weighted by atomic mass is 10.1. The molecule has 7 heteroatoms. The van der Waals surface area contributed by atoms with Crippen molar-refractivity contribution < 1.29 is 19.7 Å². The lowest BCUT2D eigenvalue weighted by Gasteiger charge is -2.07. The molecule has 2 rings (SSSR count). The number of carbonyl (C=O) groups is 1. The van der Waals surface area contributed by atoms with E-state index >= 15 is 0 Å². The molecular weight excluding hydrogens is 320 g/mol. The maximum atomic E-state index is 11.7. The van der Waals surface area contributed by atoms with Crippen LogP contribution in [0.4, 0.5) is 0 Å². The smallest absolute Gasteiger partial charge is 0.277 e. The fraction of sp³-hybridized carbons (Fsp3) is 0.125. The Morgan fingerprint density at radius 1 is 1.22 bits per heavy atom. The quantitative estimate of drug-likeness (QED) is 0.445. The second-order valence-electron chi connectivity index (χ2n) is 4.68. The van der Waals surface area contributed by atoms with Crippen LogP contribution in [0.15, 0.2) is 47.6 Å². The first-order valence-electron chi connectivity index (χ1n) is 6.69. The lowest BCUT2D eigenvalue weighted by Crippen LogP contribution is -2.25. The summed E-state index contributed by atoms with van der Waals surface area (Å²) in [4.78, 5) is 11.7. The number of hydrazone groups is 1. The number of carbonyl (C=O) groups excluding carboxylic acids is 1. The van der Waals surface area contributed by atoms with Crippen molar-refractivity contribution >= 4 is 23.2 Å². The SMILES string of the molecule is C/C(=N\NC(=O)COc1ccc(Cl)cc1)c1cc(O)ccc1O. The number of hydrogen-bond acceptors (Lipinski definition) is 5. The number of ether oxygens (including phenoxy) is 1. The van der Waals surface area contributed by atoms with E-state index in [9.17, 15) is 15.0 Å². The van der Waals surface area contributed by atoms with Crippen molar-refractivity contribution in [3.05, 3.63) is 53.1 Å². The molecule has 0 unspecified atom stereocenters. The van der Waals surface area contributed by atoms with Crippen LogP contribution in [0, 0.1) is 0 Å². The summed E-state index contributed by atoms with van der Waals surface area (Å²) in [5.74, 6) is -0.00437. The molecular formula is C16H15ClN2O4. The van der Waals surface area contributed by atoms with Crippen LogP contribution in [-0.4, -0.2) is 28.4 Å². The maximum absolute atomic E-state index is 11.7. The fourth-order valence-electron chi connectivity index (χ4n) is 1.73. The first-order chi connectivity index (χ1) is 11.0. The topological polar surface area (TPSA) is 91.2 Å². The summed E-state index contributed by atoms with van der Waals surface area (Å²) in [5, 5.41) is 23.6. The third kappa shape index (κ3) is 4.89. The molecule has 23 heavy (non-hydrogen) atoms. The van der Waals surface area contributed by atoms with Crippen molar-refractivity contribution in [2.75, 3.05) is 6.61 Å². The molecule has 6 nitrogen and oxygen atoms in total. The van der Waals surface area contributed by atoms with E-state index in [1.54, 1.807) is 31.2 Å². The van der Waals surface area contributed by atoms with Crippen molar-refractivity contribution in [2.45, 2.75) is 6.92 Å². The Balaban J connectivity index is 1.92. The zero-order valence-corrected chi connectivity index (χ0v) is 13.0. The summed E-state index contributed by atoms with van der Waals surface area (Å²) in [5.41, 5.74) is 2.98. The van der Waals surface area contributed by atoms with E-state index in [4.69, 9.17) is 16.3 Å². The van der Waals surface area contributed by atoms with Crippen LogP contribution in [0.5, 0.6) is 17.2 Å². The molecule has 0 radical (unpaired) electrons. The number of hydrogen-bond donors (Lipinski definition) is 3. The standard InChI is InChI=1S/C16H15ClN2O4/c1-10(14-8-12(20)4-7-15(14)21)18-19-16(22)9-23-13-5-2-11(17)3-6-13/h2-8,20-21H,9H2,1H3,(H,19,22)/b18-10+. The largest absolute Gasteiger partial charge is 0.508 e. The zero-order chi connectivity index (χ0) is 16.8. The number of phenols is 2. The molecule has 0 aliphatic carbocycles. The number of rotatable bonds is 5. The summed E-state index contributed by atoms with van der Waals surface area (Å²) in [6.45, 7) is 1.37. The average molecular weight is 335 g/mol. The number of aromatic hydroxyl groups is 2. The molecule has 0 fully saturated rings. The lowest BCUT2D eigenvalue weighted by molar-refractivity contribution is -0.123. The van der Waals surface area contributed by atoms with Gasteiger partial charge >= 0.3 is 0 Å². The Labute approximate surface area is 138 Å². The summed E-state index contributed by atoms with van der Waals surface area (Å²) >= 11 is 5.75. The second-order valence-corrected chi connectivity index (χ2v) is 5.11. The van der Waals surface area contributed by atoms with Gasteiger partial charge in [-0.15, -0.1) is 0 Å². The highest BCUT2D eigenvalue weighted by molar-refractivity contribution is 6.30. The molecule has 2 aromatic carbocycles. The van der Waals surface area contributed by atoms with E-state index in [0.29, 0.717) is 22.0 Å². The van der Waals surface area contributed by atoms with Gasteiger partial charge in [0.15, 0.2) is 6.61 Å². The van der Waals surface area contributed by atoms with Gasteiger partial charge in [-0.1, -0.05) is 11.6 Å². The van der Waals surface area contributed by atoms with Gasteiger partial charge in [-0.05, 0) is 49.4 Å². The number of phenolic OH excluding ortho intramolecular Hbond substituents is 2. The van der Waals surface area contributed by atoms with E-state index in [-0.39, 0.29) is 18.1 Å². The van der Waals surface area contributed by atoms with Crippen molar-refractivity contribution in [3.8, 4) is 17.2 Å². The number of benzene rings is 2. The Morgan fingerprint density at radius 2 is 1.91 bits per heavy atom. The molecule has 0 aliphatic heterocycles. The van der Waals surface area contributed by atoms with Crippen LogP contribution in [0.2, 0.25) is 5.02 Å². The molecule has 2 aromatic rings. The van der Waals surface area contributed by atoms with Gasteiger partial charge in [0.1, 0.15) is 17.2 Å². The number of nitrogens with one attached hydrogen (secondary N) is 1. The fourth-order valence-corrected chi connectivity index (χ4v) is 1.86. The molecule has 3 N–H and O–H groups in total. The summed E-state index contributed by atoms with van der Waals surface area (Å²) in [6, 6.07) is 10.7. The summed E-state index contributed by atoms with van der Waals surface area (Å²) in [7, 11) is 0. The molecule has 0 heterocycles. The van der Waals surface area contributed by atoms with Crippen LogP contribution in [-0.2, 0) is 4.79 Å². The first kappa shape index (κ1) is 16.6. The van der Waals surface area contributed by atoms with Gasteiger partial charge in [0.2, 0.25) is 0 Å². The van der Waals surface area contributed by atoms with Crippen LogP contribution >= 0.6 is 11.6 Å². The summed E-state index contributed by atoms with van der Waals surface area (Å²) in [6.07, 6.45) is 0. The predicted molar refractivity (Wildman–Crippen MR) is 87.1 cm³/mol. The highest BCUT2D eigenvalue weighted by Gasteiger charge is 2.07. The zero-order valence-electron chi connectivity index (χ0n) is 12.3. The van der Waals surface area contributed by atoms with Crippen molar-refractivity contribution in [3.63, 3.8) is 0 Å². The molecule has 0 saturated carbocycles. The number of halogens is 1. The van der Waals surface area contributed by atoms with Crippen molar-refractivity contribution in [2.24, 2.45) is 5.10 Å². The minimum atomic E-state index is -0.459. The molecule has 0 aromatic heterocycles. The highest BCUT2D eigenvalue weighted by atomic mass is 35.5. The van der Waals surface area contributed by atoms with Crippen molar-refractivity contribution in [1.29, 1.82) is 0 Å². The molecule has 0 aliphatic rings. The monoisotopic (exact) mass is 334 g/mol. The maximum Gasteiger partial charge on any atom is 0.277 e. The van der Waals surface area contributed by atoms with E-state index < -0.39 is 5.91 Å². The molecule has 120 valence electrons. The molecule has 0 spiro atoms. The van der Waals surface area contributed by atoms with E-state index in [0.717, 1.165) is 0 Å². The predicted octanol–water partition coefficient (Wildman–Crippen LogP) is 2.67. The molecule has 1 amide bonds. The first-order valence-corrected chi connectivity index (χ1v) is 7.07. The second kappa shape index (κ2) is 7.51. The van der Waals surface area contributed by atoms with Gasteiger partial charge < -0.3 is 14.9 Å². The third-order valence-corrected chi connectivity index (χ3v) is 3.15. The van der Waals surface area contributed by atoms with E-state index in [2.05, 4.69) is 10.5 Å². The average Bonchev–Trinajstić information content (AvgIpc) is 2.54. The minimum Gasteiger partial charge on any atom is -0.508 e. The summed E-state index contributed by atoms with van der Waals surface area (Å²) < 4.78 is 5.27. The van der Waals surface area contributed by atoms with Gasteiger partial charge in [0, 0.05) is 10.6 Å². The normalized spacial score (nSPS) is 11.1. The molecule has 0 bridgehead atoms. The van der Waals surface area contributed by atoms with Crippen molar-refractivity contribution in [1.82, 2.24) is 5.43 Å². The van der Waals surface area contributed by atoms with Crippen LogP contribution < -0.4 is 10.2 Å². The number of amides is 1. The highest BCUT2D eigenvalue weighted by Crippen LogP contribution is 2.22. The molecule has 0 saturated heterocycles.